The van der Waals surface area contributed by atoms with Crippen molar-refractivity contribution in [3.05, 3.63) is 57.5 Å². The zero-order valence-corrected chi connectivity index (χ0v) is 19.1. The molecule has 2 aromatic rings. The third kappa shape index (κ3) is 3.62. The average Bonchev–Trinajstić information content (AvgIpc) is 2.47. The van der Waals surface area contributed by atoms with Gasteiger partial charge in [-0.15, -0.1) is 0 Å². The van der Waals surface area contributed by atoms with Gasteiger partial charge in [-0.2, -0.15) is 0 Å². The highest BCUT2D eigenvalue weighted by molar-refractivity contribution is 9.30. The van der Waals surface area contributed by atoms with Crippen molar-refractivity contribution in [1.29, 1.82) is 0 Å². The van der Waals surface area contributed by atoms with Crippen LogP contribution in [0.15, 0.2) is 67.3 Å². The molecule has 2 aromatic carbocycles. The van der Waals surface area contributed by atoms with Crippen molar-refractivity contribution < 1.29 is 16.8 Å². The van der Waals surface area contributed by atoms with Crippen LogP contribution in [0.25, 0.3) is 0 Å². The molecule has 10 heteroatoms. The van der Waals surface area contributed by atoms with Gasteiger partial charge in [0.05, 0.1) is 9.79 Å². The first-order valence-corrected chi connectivity index (χ1v) is 12.0. The summed E-state index contributed by atoms with van der Waals surface area (Å²) >= 11 is 12.1. The molecule has 0 amide bonds. The number of halogens is 4. The maximum absolute atomic E-state index is 12.8. The van der Waals surface area contributed by atoms with E-state index in [1.807, 2.05) is 0 Å². The van der Waals surface area contributed by atoms with Crippen molar-refractivity contribution >= 4 is 83.4 Å². The van der Waals surface area contributed by atoms with Crippen LogP contribution in [0.3, 0.4) is 0 Å². The molecule has 4 nitrogen and oxygen atoms in total. The molecular weight excluding hydrogens is 604 g/mol. The molecule has 0 spiro atoms. The third-order valence-electron chi connectivity index (χ3n) is 2.87. The maximum Gasteiger partial charge on any atom is 0.289 e. The lowest BCUT2D eigenvalue weighted by molar-refractivity contribution is 0.584. The van der Waals surface area contributed by atoms with Gasteiger partial charge in [-0.3, -0.25) is 0 Å². The van der Waals surface area contributed by atoms with E-state index in [2.05, 4.69) is 63.7 Å². The standard InChI is InChI=1S/C13H8Br4O4S2/c14-9-1-5-11(6-2-9)22(18,19)13(16,17)23(20,21)12-7-3-10(15)4-8-12/h1-8H. The van der Waals surface area contributed by atoms with Gasteiger partial charge in [-0.05, 0) is 80.4 Å². The van der Waals surface area contributed by atoms with E-state index < -0.39 is 21.6 Å². The van der Waals surface area contributed by atoms with Crippen LogP contribution in [-0.2, 0) is 19.7 Å². The number of hydrogen-bond acceptors (Lipinski definition) is 4. The Morgan fingerprint density at radius 3 is 1.13 bits per heavy atom. The van der Waals surface area contributed by atoms with Crippen molar-refractivity contribution in [3.63, 3.8) is 0 Å². The van der Waals surface area contributed by atoms with Crippen LogP contribution in [0.1, 0.15) is 0 Å². The van der Waals surface area contributed by atoms with Crippen molar-refractivity contribution in [1.82, 2.24) is 0 Å². The fourth-order valence-corrected chi connectivity index (χ4v) is 7.69. The summed E-state index contributed by atoms with van der Waals surface area (Å²) in [5, 5.41) is 0. The molecule has 0 radical (unpaired) electrons. The zero-order chi connectivity index (χ0) is 17.5. The van der Waals surface area contributed by atoms with Crippen molar-refractivity contribution in [2.24, 2.45) is 0 Å². The Hall–Kier alpha value is 0.260. The number of alkyl halides is 2. The molecule has 0 aliphatic rings. The smallest absolute Gasteiger partial charge is 0.220 e. The highest BCUT2D eigenvalue weighted by Crippen LogP contribution is 2.45. The molecule has 0 atom stereocenters. The van der Waals surface area contributed by atoms with Gasteiger partial charge in [0.2, 0.25) is 19.7 Å². The fraction of sp³-hybridized carbons (Fsp3) is 0.0769. The van der Waals surface area contributed by atoms with Gasteiger partial charge >= 0.3 is 0 Å². The zero-order valence-electron chi connectivity index (χ0n) is 11.1. The summed E-state index contributed by atoms with van der Waals surface area (Å²) in [6.45, 7) is 0. The summed E-state index contributed by atoms with van der Waals surface area (Å²) in [5.74, 6) is 0. The lowest BCUT2D eigenvalue weighted by atomic mass is 10.4. The van der Waals surface area contributed by atoms with E-state index in [-0.39, 0.29) is 9.79 Å². The lowest BCUT2D eigenvalue weighted by Gasteiger charge is -2.21. The van der Waals surface area contributed by atoms with Crippen molar-refractivity contribution in [2.45, 2.75) is 11.7 Å². The Balaban J connectivity index is 2.59. The Labute approximate surface area is 168 Å². The first kappa shape index (κ1) is 19.6. The second kappa shape index (κ2) is 6.87. The summed E-state index contributed by atoms with van der Waals surface area (Å²) < 4.78 is 50.0. The third-order valence-corrected chi connectivity index (χ3v) is 13.4. The Morgan fingerprint density at radius 1 is 0.609 bits per heavy atom. The Morgan fingerprint density at radius 2 is 0.870 bits per heavy atom. The van der Waals surface area contributed by atoms with Crippen LogP contribution in [0, 0.1) is 0 Å². The minimum Gasteiger partial charge on any atom is -0.220 e. The van der Waals surface area contributed by atoms with E-state index in [0.29, 0.717) is 8.95 Å². The minimum atomic E-state index is -4.26. The topological polar surface area (TPSA) is 68.3 Å². The highest BCUT2D eigenvalue weighted by Gasteiger charge is 2.52. The monoisotopic (exact) mass is 608 g/mol. The van der Waals surface area contributed by atoms with Crippen LogP contribution in [-0.4, -0.2) is 18.7 Å². The van der Waals surface area contributed by atoms with Crippen molar-refractivity contribution in [2.75, 3.05) is 0 Å². The normalized spacial score (nSPS) is 13.0. The number of rotatable bonds is 4. The van der Waals surface area contributed by atoms with Gasteiger partial charge in [0, 0.05) is 8.95 Å². The Kier molecular flexibility index (Phi) is 5.85. The molecule has 2 rings (SSSR count). The quantitative estimate of drug-likeness (QED) is 0.463. The predicted octanol–water partition coefficient (Wildman–Crippen LogP) is 4.86. The molecule has 0 saturated carbocycles. The second-order valence-electron chi connectivity index (χ2n) is 4.38. The predicted molar refractivity (Wildman–Crippen MR) is 103 cm³/mol. The molecule has 0 unspecified atom stereocenters. The number of hydrogen-bond donors (Lipinski definition) is 0. The van der Waals surface area contributed by atoms with Crippen LogP contribution in [0.2, 0.25) is 0 Å². The van der Waals surface area contributed by atoms with E-state index in [1.54, 1.807) is 0 Å². The summed E-state index contributed by atoms with van der Waals surface area (Å²) in [7, 11) is -8.52. The van der Waals surface area contributed by atoms with Gasteiger partial charge in [0.1, 0.15) is 0 Å². The molecule has 23 heavy (non-hydrogen) atoms. The molecule has 0 N–H and O–H groups in total. The molecule has 0 aliphatic heterocycles. The van der Waals surface area contributed by atoms with Gasteiger partial charge in [-0.1, -0.05) is 31.9 Å². The number of sulfone groups is 2. The summed E-state index contributed by atoms with van der Waals surface area (Å²) in [4.78, 5) is -0.259. The van der Waals surface area contributed by atoms with Gasteiger partial charge in [-0.25, -0.2) is 16.8 Å². The largest absolute Gasteiger partial charge is 0.289 e. The van der Waals surface area contributed by atoms with E-state index in [1.165, 1.54) is 48.5 Å². The van der Waals surface area contributed by atoms with Gasteiger partial charge in [0.25, 0.3) is 1.90 Å². The minimum absolute atomic E-state index is 0.130. The SMILES string of the molecule is O=S(=O)(c1ccc(Br)cc1)C(Br)(Br)S(=O)(=O)c1ccc(Br)cc1. The molecule has 124 valence electrons. The molecule has 0 saturated heterocycles. The van der Waals surface area contributed by atoms with Crippen LogP contribution >= 0.6 is 63.7 Å². The number of benzene rings is 2. The first-order valence-electron chi connectivity index (χ1n) is 5.88. The molecule has 0 bridgehead atoms. The lowest BCUT2D eigenvalue weighted by Crippen LogP contribution is -2.34. The van der Waals surface area contributed by atoms with Crippen molar-refractivity contribution in [3.8, 4) is 0 Å². The Bertz CT molecular complexity index is 841. The summed E-state index contributed by atoms with van der Waals surface area (Å²) in [6, 6.07) is 11.4. The molecular formula is C13H8Br4O4S2. The van der Waals surface area contributed by atoms with Gasteiger partial charge in [0.15, 0.2) is 0 Å². The maximum atomic E-state index is 12.8. The average molecular weight is 612 g/mol. The summed E-state index contributed by atoms with van der Waals surface area (Å²) in [5.41, 5.74) is 0. The molecule has 0 aromatic heterocycles. The van der Waals surface area contributed by atoms with Gasteiger partial charge < -0.3 is 0 Å². The van der Waals surface area contributed by atoms with E-state index in [9.17, 15) is 16.8 Å². The fourth-order valence-electron chi connectivity index (χ4n) is 1.65. The van der Waals surface area contributed by atoms with Crippen LogP contribution in [0.4, 0.5) is 0 Å². The molecule has 0 aliphatic carbocycles. The molecule has 0 fully saturated rings. The van der Waals surface area contributed by atoms with Crippen LogP contribution in [0.5, 0.6) is 0 Å². The van der Waals surface area contributed by atoms with Crippen LogP contribution < -0.4 is 0 Å². The highest BCUT2D eigenvalue weighted by atomic mass is 79.9. The van der Waals surface area contributed by atoms with E-state index in [4.69, 9.17) is 0 Å². The molecule has 0 heterocycles. The van der Waals surface area contributed by atoms with E-state index >= 15 is 0 Å². The first-order chi connectivity index (χ1) is 10.5. The second-order valence-corrected chi connectivity index (χ2v) is 16.2. The van der Waals surface area contributed by atoms with E-state index in [0.717, 1.165) is 0 Å². The summed E-state index contributed by atoms with van der Waals surface area (Å²) in [6.07, 6.45) is 0.